The summed E-state index contributed by atoms with van der Waals surface area (Å²) < 4.78 is 13.7. The van der Waals surface area contributed by atoms with E-state index in [9.17, 15) is 4.39 Å². The molecule has 2 aromatic rings. The van der Waals surface area contributed by atoms with Gasteiger partial charge in [0.05, 0.1) is 4.47 Å². The standard InChI is InChI=1S/C14H12BrFN2/c15-12-6-10(4-5-13(12)16)18-7-9-2-1-3-14(17)11(9)8-18/h1-6H,7-8,17H2. The summed E-state index contributed by atoms with van der Waals surface area (Å²) in [5, 5.41) is 0. The summed E-state index contributed by atoms with van der Waals surface area (Å²) >= 11 is 3.22. The number of hydrogen-bond acceptors (Lipinski definition) is 2. The van der Waals surface area contributed by atoms with Crippen LogP contribution in [0.25, 0.3) is 0 Å². The first-order valence-corrected chi connectivity index (χ1v) is 6.50. The summed E-state index contributed by atoms with van der Waals surface area (Å²) in [5.41, 5.74) is 10.2. The van der Waals surface area contributed by atoms with E-state index >= 15 is 0 Å². The highest BCUT2D eigenvalue weighted by molar-refractivity contribution is 9.10. The van der Waals surface area contributed by atoms with Gasteiger partial charge in [0.25, 0.3) is 0 Å². The number of fused-ring (bicyclic) bond motifs is 1. The maximum atomic E-state index is 13.2. The Kier molecular flexibility index (Phi) is 2.74. The number of benzene rings is 2. The molecule has 0 aromatic heterocycles. The lowest BCUT2D eigenvalue weighted by molar-refractivity contribution is 0.620. The van der Waals surface area contributed by atoms with Gasteiger partial charge in [-0.1, -0.05) is 12.1 Å². The SMILES string of the molecule is Nc1cccc2c1CN(c1ccc(F)c(Br)c1)C2. The molecule has 2 nitrogen and oxygen atoms in total. The van der Waals surface area contributed by atoms with Crippen LogP contribution in [0.5, 0.6) is 0 Å². The van der Waals surface area contributed by atoms with E-state index in [4.69, 9.17) is 5.73 Å². The Morgan fingerprint density at radius 1 is 1.17 bits per heavy atom. The molecule has 0 fully saturated rings. The topological polar surface area (TPSA) is 29.3 Å². The second kappa shape index (κ2) is 4.28. The molecule has 92 valence electrons. The predicted molar refractivity (Wildman–Crippen MR) is 74.8 cm³/mol. The summed E-state index contributed by atoms with van der Waals surface area (Å²) in [6.07, 6.45) is 0. The van der Waals surface area contributed by atoms with E-state index < -0.39 is 0 Å². The summed E-state index contributed by atoms with van der Waals surface area (Å²) in [7, 11) is 0. The fourth-order valence-electron chi connectivity index (χ4n) is 2.31. The Morgan fingerprint density at radius 2 is 2.00 bits per heavy atom. The van der Waals surface area contributed by atoms with Crippen LogP contribution in [0.2, 0.25) is 0 Å². The Balaban J connectivity index is 1.94. The highest BCUT2D eigenvalue weighted by atomic mass is 79.9. The minimum absolute atomic E-state index is 0.241. The minimum atomic E-state index is -0.241. The number of nitrogens with two attached hydrogens (primary N) is 1. The second-order valence-electron chi connectivity index (χ2n) is 4.44. The molecular weight excluding hydrogens is 295 g/mol. The van der Waals surface area contributed by atoms with Gasteiger partial charge in [-0.05, 0) is 51.3 Å². The van der Waals surface area contributed by atoms with Crippen molar-refractivity contribution in [3.05, 3.63) is 57.8 Å². The van der Waals surface area contributed by atoms with E-state index in [0.29, 0.717) is 4.47 Å². The van der Waals surface area contributed by atoms with Crippen molar-refractivity contribution in [2.24, 2.45) is 0 Å². The van der Waals surface area contributed by atoms with Crippen LogP contribution < -0.4 is 10.6 Å². The molecule has 0 spiro atoms. The third-order valence-corrected chi connectivity index (χ3v) is 3.90. The summed E-state index contributed by atoms with van der Waals surface area (Å²) in [4.78, 5) is 2.19. The van der Waals surface area contributed by atoms with Gasteiger partial charge in [-0.15, -0.1) is 0 Å². The largest absolute Gasteiger partial charge is 0.398 e. The van der Waals surface area contributed by atoms with E-state index in [1.165, 1.54) is 17.2 Å². The van der Waals surface area contributed by atoms with Crippen LogP contribution in [0.4, 0.5) is 15.8 Å². The highest BCUT2D eigenvalue weighted by Crippen LogP contribution is 2.33. The van der Waals surface area contributed by atoms with Gasteiger partial charge < -0.3 is 10.6 Å². The van der Waals surface area contributed by atoms with Gasteiger partial charge in [-0.2, -0.15) is 0 Å². The maximum Gasteiger partial charge on any atom is 0.137 e. The maximum absolute atomic E-state index is 13.2. The van der Waals surface area contributed by atoms with Crippen molar-refractivity contribution in [3.8, 4) is 0 Å². The molecule has 1 aliphatic rings. The van der Waals surface area contributed by atoms with Crippen LogP contribution in [0.15, 0.2) is 40.9 Å². The fourth-order valence-corrected chi connectivity index (χ4v) is 2.68. The zero-order chi connectivity index (χ0) is 12.7. The smallest absolute Gasteiger partial charge is 0.137 e. The molecule has 0 aliphatic carbocycles. The fraction of sp³-hybridized carbons (Fsp3) is 0.143. The van der Waals surface area contributed by atoms with Crippen molar-refractivity contribution in [2.45, 2.75) is 13.1 Å². The van der Waals surface area contributed by atoms with Crippen LogP contribution in [0.3, 0.4) is 0 Å². The summed E-state index contributed by atoms with van der Waals surface area (Å²) in [6, 6.07) is 11.1. The average molecular weight is 307 g/mol. The molecule has 2 N–H and O–H groups in total. The van der Waals surface area contributed by atoms with Crippen LogP contribution in [0, 0.1) is 5.82 Å². The molecule has 0 bridgehead atoms. The second-order valence-corrected chi connectivity index (χ2v) is 5.29. The molecule has 0 saturated carbocycles. The van der Waals surface area contributed by atoms with Crippen molar-refractivity contribution in [3.63, 3.8) is 0 Å². The lowest BCUT2D eigenvalue weighted by Gasteiger charge is -2.18. The van der Waals surface area contributed by atoms with Gasteiger partial charge >= 0.3 is 0 Å². The first kappa shape index (κ1) is 11.5. The quantitative estimate of drug-likeness (QED) is 0.814. The van der Waals surface area contributed by atoms with Crippen molar-refractivity contribution in [1.82, 2.24) is 0 Å². The molecule has 0 radical (unpaired) electrons. The lowest BCUT2D eigenvalue weighted by atomic mass is 10.1. The zero-order valence-electron chi connectivity index (χ0n) is 9.66. The third kappa shape index (κ3) is 1.86. The van der Waals surface area contributed by atoms with Crippen LogP contribution >= 0.6 is 15.9 Å². The van der Waals surface area contributed by atoms with Gasteiger partial charge in [0.2, 0.25) is 0 Å². The molecule has 0 unspecified atom stereocenters. The van der Waals surface area contributed by atoms with E-state index in [1.807, 2.05) is 12.1 Å². The van der Waals surface area contributed by atoms with Gasteiger partial charge in [-0.25, -0.2) is 4.39 Å². The van der Waals surface area contributed by atoms with Crippen LogP contribution in [-0.2, 0) is 13.1 Å². The van der Waals surface area contributed by atoms with E-state index in [2.05, 4.69) is 26.9 Å². The minimum Gasteiger partial charge on any atom is -0.398 e. The third-order valence-electron chi connectivity index (χ3n) is 3.29. The Bertz CT molecular complexity index is 613. The number of hydrogen-bond donors (Lipinski definition) is 1. The number of halogens is 2. The van der Waals surface area contributed by atoms with Gasteiger partial charge in [0.15, 0.2) is 0 Å². The summed E-state index contributed by atoms with van der Waals surface area (Å²) in [5.74, 6) is -0.241. The molecule has 4 heteroatoms. The molecule has 0 saturated heterocycles. The van der Waals surface area contributed by atoms with Gasteiger partial charge in [-0.3, -0.25) is 0 Å². The normalized spacial score (nSPS) is 13.8. The average Bonchev–Trinajstić information content (AvgIpc) is 2.78. The van der Waals surface area contributed by atoms with Crippen molar-refractivity contribution in [2.75, 3.05) is 10.6 Å². The predicted octanol–water partition coefficient (Wildman–Crippen LogP) is 3.69. The van der Waals surface area contributed by atoms with Crippen molar-refractivity contribution < 1.29 is 4.39 Å². The van der Waals surface area contributed by atoms with Crippen LogP contribution in [-0.4, -0.2) is 0 Å². The number of nitrogens with zero attached hydrogens (tertiary/aromatic N) is 1. The molecule has 1 aliphatic heterocycles. The van der Waals surface area contributed by atoms with E-state index in [1.54, 1.807) is 12.1 Å². The van der Waals surface area contributed by atoms with Crippen molar-refractivity contribution >= 4 is 27.3 Å². The van der Waals surface area contributed by atoms with Gasteiger partial charge in [0, 0.05) is 24.5 Å². The molecule has 1 heterocycles. The molecule has 2 aromatic carbocycles. The molecule has 18 heavy (non-hydrogen) atoms. The van der Waals surface area contributed by atoms with Gasteiger partial charge in [0.1, 0.15) is 5.82 Å². The highest BCUT2D eigenvalue weighted by Gasteiger charge is 2.21. The molecular formula is C14H12BrFN2. The molecule has 0 amide bonds. The number of anilines is 2. The van der Waals surface area contributed by atoms with E-state index in [0.717, 1.165) is 24.5 Å². The number of rotatable bonds is 1. The Hall–Kier alpha value is -1.55. The molecule has 3 rings (SSSR count). The van der Waals surface area contributed by atoms with E-state index in [-0.39, 0.29) is 5.82 Å². The van der Waals surface area contributed by atoms with Crippen molar-refractivity contribution in [1.29, 1.82) is 0 Å². The van der Waals surface area contributed by atoms with Crippen LogP contribution in [0.1, 0.15) is 11.1 Å². The Morgan fingerprint density at radius 3 is 2.72 bits per heavy atom. The zero-order valence-corrected chi connectivity index (χ0v) is 11.2. The first-order valence-electron chi connectivity index (χ1n) is 5.71. The monoisotopic (exact) mass is 306 g/mol. The number of nitrogen functional groups attached to an aromatic ring is 1. The lowest BCUT2D eigenvalue weighted by Crippen LogP contribution is -2.14. The Labute approximate surface area is 113 Å². The summed E-state index contributed by atoms with van der Waals surface area (Å²) in [6.45, 7) is 1.60. The molecule has 0 atom stereocenters. The first-order chi connectivity index (χ1) is 8.65.